The SMILES string of the molecule is CC(C)[C@@](N)(C(=O)NCC(F)(F)F)c1cncc(-c2c[nH]c3ncc(NS(C)(=O)=O)cc23)c1. The van der Waals surface area contributed by atoms with Crippen molar-refractivity contribution in [1.82, 2.24) is 20.3 Å². The molecule has 0 fully saturated rings. The lowest BCUT2D eigenvalue weighted by Gasteiger charge is -2.32. The number of rotatable bonds is 7. The van der Waals surface area contributed by atoms with Crippen LogP contribution >= 0.6 is 0 Å². The predicted octanol–water partition coefficient (Wildman–Crippen LogP) is 2.48. The fraction of sp³-hybridized carbons (Fsp3) is 0.350. The number of amides is 1. The number of aromatic amines is 1. The molecule has 3 aromatic heterocycles. The molecule has 1 amide bonds. The van der Waals surface area contributed by atoms with Crippen molar-refractivity contribution in [3.8, 4) is 11.1 Å². The first-order valence-corrected chi connectivity index (χ1v) is 11.6. The molecule has 0 bridgehead atoms. The predicted molar refractivity (Wildman–Crippen MR) is 118 cm³/mol. The highest BCUT2D eigenvalue weighted by atomic mass is 32.2. The van der Waals surface area contributed by atoms with E-state index < -0.39 is 40.1 Å². The Bertz CT molecular complexity index is 1290. The zero-order valence-electron chi connectivity index (χ0n) is 18.0. The van der Waals surface area contributed by atoms with Crippen LogP contribution < -0.4 is 15.8 Å². The van der Waals surface area contributed by atoms with Gasteiger partial charge in [-0.1, -0.05) is 13.8 Å². The number of aromatic nitrogens is 3. The van der Waals surface area contributed by atoms with E-state index in [1.54, 1.807) is 32.2 Å². The molecule has 33 heavy (non-hydrogen) atoms. The summed E-state index contributed by atoms with van der Waals surface area (Å²) in [6, 6.07) is 3.15. The molecule has 0 radical (unpaired) electrons. The van der Waals surface area contributed by atoms with Crippen molar-refractivity contribution in [1.29, 1.82) is 0 Å². The van der Waals surface area contributed by atoms with E-state index in [1.165, 1.54) is 18.6 Å². The fourth-order valence-electron chi connectivity index (χ4n) is 3.38. The summed E-state index contributed by atoms with van der Waals surface area (Å²) in [5.74, 6) is -1.54. The molecule has 0 unspecified atom stereocenters. The van der Waals surface area contributed by atoms with Crippen molar-refractivity contribution in [3.63, 3.8) is 0 Å². The van der Waals surface area contributed by atoms with Gasteiger partial charge < -0.3 is 16.0 Å². The molecule has 0 saturated heterocycles. The number of H-pyrrole nitrogens is 1. The largest absolute Gasteiger partial charge is 0.405 e. The minimum atomic E-state index is -4.58. The first kappa shape index (κ1) is 24.5. The van der Waals surface area contributed by atoms with E-state index in [1.807, 2.05) is 5.32 Å². The molecule has 0 aromatic carbocycles. The van der Waals surface area contributed by atoms with Crippen LogP contribution in [0.25, 0.3) is 22.2 Å². The molecule has 0 aliphatic carbocycles. The lowest BCUT2D eigenvalue weighted by Crippen LogP contribution is -2.56. The normalized spacial score (nSPS) is 14.3. The van der Waals surface area contributed by atoms with Crippen LogP contribution in [-0.2, 0) is 20.4 Å². The maximum Gasteiger partial charge on any atom is 0.405 e. The van der Waals surface area contributed by atoms with Crippen molar-refractivity contribution in [2.45, 2.75) is 25.6 Å². The van der Waals surface area contributed by atoms with Crippen LogP contribution in [0.3, 0.4) is 0 Å². The molecule has 0 aliphatic heterocycles. The Balaban J connectivity index is 2.04. The van der Waals surface area contributed by atoms with Gasteiger partial charge in [0.1, 0.15) is 17.7 Å². The third-order valence-electron chi connectivity index (χ3n) is 5.10. The summed E-state index contributed by atoms with van der Waals surface area (Å²) in [5.41, 5.74) is 6.61. The van der Waals surface area contributed by atoms with Crippen LogP contribution in [0.1, 0.15) is 19.4 Å². The molecule has 5 N–H and O–H groups in total. The van der Waals surface area contributed by atoms with Crippen LogP contribution in [0.4, 0.5) is 18.9 Å². The molecule has 13 heteroatoms. The number of alkyl halides is 3. The number of fused-ring (bicyclic) bond motifs is 1. The summed E-state index contributed by atoms with van der Waals surface area (Å²) in [7, 11) is -3.52. The van der Waals surface area contributed by atoms with Gasteiger partial charge in [-0.25, -0.2) is 13.4 Å². The molecule has 3 heterocycles. The summed E-state index contributed by atoms with van der Waals surface area (Å²) in [4.78, 5) is 24.0. The van der Waals surface area contributed by atoms with E-state index in [4.69, 9.17) is 5.73 Å². The molecule has 9 nitrogen and oxygen atoms in total. The standard InChI is InChI=1S/C20H23F3N6O3S/c1-11(2)20(24,18(30)28-10-19(21,22)23)13-4-12(6-25-7-13)16-9-27-17-15(16)5-14(8-26-17)29-33(3,31)32/h4-9,11,29H,10,24H2,1-3H3,(H,26,27)(H,28,30)/t20-/m0/s1. The second-order valence-corrected chi connectivity index (χ2v) is 9.73. The van der Waals surface area contributed by atoms with Crippen LogP contribution in [0.15, 0.2) is 36.9 Å². The number of halogens is 3. The maximum atomic E-state index is 12.7. The zero-order valence-corrected chi connectivity index (χ0v) is 18.8. The molecule has 0 spiro atoms. The molecular formula is C20H23F3N6O3S. The number of pyridine rings is 2. The third-order valence-corrected chi connectivity index (χ3v) is 5.70. The quantitative estimate of drug-likeness (QED) is 0.406. The number of sulfonamides is 1. The Kier molecular flexibility index (Phi) is 6.40. The van der Waals surface area contributed by atoms with Crippen LogP contribution in [0.5, 0.6) is 0 Å². The van der Waals surface area contributed by atoms with E-state index in [9.17, 15) is 26.4 Å². The van der Waals surface area contributed by atoms with Crippen LogP contribution in [-0.4, -0.2) is 48.3 Å². The lowest BCUT2D eigenvalue weighted by molar-refractivity contribution is -0.143. The summed E-state index contributed by atoms with van der Waals surface area (Å²) < 4.78 is 63.3. The molecular weight excluding hydrogens is 461 g/mol. The fourth-order valence-corrected chi connectivity index (χ4v) is 3.92. The zero-order chi connectivity index (χ0) is 24.6. The highest BCUT2D eigenvalue weighted by Gasteiger charge is 2.41. The number of carbonyl (C=O) groups excluding carboxylic acids is 1. The van der Waals surface area contributed by atoms with Gasteiger partial charge >= 0.3 is 6.18 Å². The van der Waals surface area contributed by atoms with Gasteiger partial charge in [0.25, 0.3) is 0 Å². The number of hydrogen-bond acceptors (Lipinski definition) is 6. The van der Waals surface area contributed by atoms with Gasteiger partial charge in [-0.15, -0.1) is 0 Å². The van der Waals surface area contributed by atoms with Gasteiger partial charge in [-0.05, 0) is 18.1 Å². The molecule has 0 saturated carbocycles. The first-order chi connectivity index (χ1) is 15.2. The van der Waals surface area contributed by atoms with E-state index in [-0.39, 0.29) is 11.3 Å². The number of nitrogens with zero attached hydrogens (tertiary/aromatic N) is 2. The second-order valence-electron chi connectivity index (χ2n) is 7.98. The first-order valence-electron chi connectivity index (χ1n) is 9.75. The second kappa shape index (κ2) is 8.63. The van der Waals surface area contributed by atoms with E-state index in [0.717, 1.165) is 6.26 Å². The van der Waals surface area contributed by atoms with Crippen molar-refractivity contribution in [3.05, 3.63) is 42.5 Å². The van der Waals surface area contributed by atoms with Crippen LogP contribution in [0.2, 0.25) is 0 Å². The highest BCUT2D eigenvalue weighted by Crippen LogP contribution is 2.33. The molecule has 178 valence electrons. The monoisotopic (exact) mass is 484 g/mol. The van der Waals surface area contributed by atoms with E-state index in [2.05, 4.69) is 19.7 Å². The minimum Gasteiger partial charge on any atom is -0.346 e. The molecule has 1 atom stereocenters. The Morgan fingerprint density at radius 3 is 2.52 bits per heavy atom. The van der Waals surface area contributed by atoms with E-state index >= 15 is 0 Å². The average molecular weight is 485 g/mol. The smallest absolute Gasteiger partial charge is 0.346 e. The number of carbonyl (C=O) groups is 1. The van der Waals surface area contributed by atoms with E-state index in [0.29, 0.717) is 22.2 Å². The van der Waals surface area contributed by atoms with Crippen molar-refractivity contribution >= 4 is 32.7 Å². The van der Waals surface area contributed by atoms with Crippen molar-refractivity contribution < 1.29 is 26.4 Å². The summed E-state index contributed by atoms with van der Waals surface area (Å²) in [6.07, 6.45) is 2.24. The van der Waals surface area contributed by atoms with Gasteiger partial charge in [0.05, 0.1) is 18.1 Å². The van der Waals surface area contributed by atoms with Gasteiger partial charge in [-0.3, -0.25) is 14.5 Å². The Hall–Kier alpha value is -3.19. The topological polar surface area (TPSA) is 143 Å². The Morgan fingerprint density at radius 1 is 1.21 bits per heavy atom. The van der Waals surface area contributed by atoms with Gasteiger partial charge in [0.2, 0.25) is 15.9 Å². The van der Waals surface area contributed by atoms with Gasteiger partial charge in [-0.2, -0.15) is 13.2 Å². The number of anilines is 1. The van der Waals surface area contributed by atoms with Crippen molar-refractivity contribution in [2.24, 2.45) is 11.7 Å². The number of hydrogen-bond donors (Lipinski definition) is 4. The van der Waals surface area contributed by atoms with Gasteiger partial charge in [0, 0.05) is 40.7 Å². The Morgan fingerprint density at radius 2 is 1.91 bits per heavy atom. The minimum absolute atomic E-state index is 0.224. The highest BCUT2D eigenvalue weighted by molar-refractivity contribution is 7.92. The average Bonchev–Trinajstić information content (AvgIpc) is 3.12. The third kappa shape index (κ3) is 5.42. The molecule has 3 aromatic rings. The van der Waals surface area contributed by atoms with Gasteiger partial charge in [0.15, 0.2) is 0 Å². The summed E-state index contributed by atoms with van der Waals surface area (Å²) in [6.45, 7) is 1.74. The molecule has 0 aliphatic rings. The number of nitrogens with two attached hydrogens (primary N) is 1. The summed E-state index contributed by atoms with van der Waals surface area (Å²) >= 11 is 0. The Labute approximate surface area is 188 Å². The molecule has 3 rings (SSSR count). The maximum absolute atomic E-state index is 12.7. The van der Waals surface area contributed by atoms with Crippen molar-refractivity contribution in [2.75, 3.05) is 17.5 Å². The lowest BCUT2D eigenvalue weighted by atomic mass is 9.80. The number of nitrogens with one attached hydrogen (secondary N) is 3. The van der Waals surface area contributed by atoms with Crippen LogP contribution in [0, 0.1) is 5.92 Å². The summed E-state index contributed by atoms with van der Waals surface area (Å²) in [5, 5.41) is 2.42.